The molecule has 0 unspecified atom stereocenters. The summed E-state index contributed by atoms with van der Waals surface area (Å²) in [7, 11) is -3.48. The second kappa shape index (κ2) is 6.20. The molecule has 0 amide bonds. The molecule has 2 aromatic carbocycles. The second-order valence-electron chi connectivity index (χ2n) is 4.75. The van der Waals surface area contributed by atoms with Gasteiger partial charge in [-0.25, -0.2) is 13.1 Å². The lowest BCUT2D eigenvalue weighted by Crippen LogP contribution is -2.26. The maximum absolute atomic E-state index is 12.3. The SMILES string of the molecule is CCc1ccc(S(=O)(=O)N[C@H](C)c2ccccc2)cc1. The monoisotopic (exact) mass is 289 g/mol. The van der Waals surface area contributed by atoms with Crippen LogP contribution in [0.15, 0.2) is 59.5 Å². The summed E-state index contributed by atoms with van der Waals surface area (Å²) in [5, 5.41) is 0. The topological polar surface area (TPSA) is 46.2 Å². The van der Waals surface area contributed by atoms with Gasteiger partial charge in [0.2, 0.25) is 10.0 Å². The Labute approximate surface area is 120 Å². The van der Waals surface area contributed by atoms with Crippen molar-refractivity contribution in [1.82, 2.24) is 4.72 Å². The second-order valence-corrected chi connectivity index (χ2v) is 6.47. The number of sulfonamides is 1. The van der Waals surface area contributed by atoms with Gasteiger partial charge in [0.05, 0.1) is 4.90 Å². The Morgan fingerprint density at radius 2 is 1.60 bits per heavy atom. The standard InChI is InChI=1S/C16H19NO2S/c1-3-14-9-11-16(12-10-14)20(18,19)17-13(2)15-7-5-4-6-8-15/h4-13,17H,3H2,1-2H3/t13-/m1/s1. The molecular formula is C16H19NO2S. The first-order valence-corrected chi connectivity index (χ1v) is 8.17. The largest absolute Gasteiger partial charge is 0.241 e. The van der Waals surface area contributed by atoms with Crippen LogP contribution in [0.2, 0.25) is 0 Å². The van der Waals surface area contributed by atoms with Crippen LogP contribution in [0.1, 0.15) is 31.0 Å². The highest BCUT2D eigenvalue weighted by molar-refractivity contribution is 7.89. The van der Waals surface area contributed by atoms with E-state index >= 15 is 0 Å². The lowest BCUT2D eigenvalue weighted by atomic mass is 10.1. The van der Waals surface area contributed by atoms with E-state index < -0.39 is 10.0 Å². The van der Waals surface area contributed by atoms with E-state index in [0.717, 1.165) is 17.5 Å². The third-order valence-electron chi connectivity index (χ3n) is 3.27. The van der Waals surface area contributed by atoms with Crippen molar-refractivity contribution in [3.05, 3.63) is 65.7 Å². The number of nitrogens with one attached hydrogen (secondary N) is 1. The zero-order valence-electron chi connectivity index (χ0n) is 11.7. The zero-order valence-corrected chi connectivity index (χ0v) is 12.5. The number of aryl methyl sites for hydroxylation is 1. The Hall–Kier alpha value is -1.65. The van der Waals surface area contributed by atoms with E-state index in [9.17, 15) is 8.42 Å². The molecule has 0 saturated heterocycles. The molecule has 3 nitrogen and oxygen atoms in total. The molecule has 0 aromatic heterocycles. The minimum atomic E-state index is -3.48. The summed E-state index contributed by atoms with van der Waals surface area (Å²) < 4.78 is 27.3. The normalized spacial score (nSPS) is 13.1. The summed E-state index contributed by atoms with van der Waals surface area (Å²) in [6.45, 7) is 3.88. The number of rotatable bonds is 5. The quantitative estimate of drug-likeness (QED) is 0.918. The molecule has 0 aliphatic carbocycles. The van der Waals surface area contributed by atoms with Crippen molar-refractivity contribution in [3.63, 3.8) is 0 Å². The molecule has 0 aliphatic heterocycles. The van der Waals surface area contributed by atoms with Gasteiger partial charge in [-0.2, -0.15) is 0 Å². The van der Waals surface area contributed by atoms with Crippen molar-refractivity contribution in [2.75, 3.05) is 0 Å². The van der Waals surface area contributed by atoms with Crippen LogP contribution in [-0.2, 0) is 16.4 Å². The van der Waals surface area contributed by atoms with Crippen LogP contribution in [0.25, 0.3) is 0 Å². The van der Waals surface area contributed by atoms with E-state index in [4.69, 9.17) is 0 Å². The van der Waals surface area contributed by atoms with Crippen LogP contribution in [-0.4, -0.2) is 8.42 Å². The Balaban J connectivity index is 2.18. The van der Waals surface area contributed by atoms with Crippen molar-refractivity contribution in [2.45, 2.75) is 31.2 Å². The van der Waals surface area contributed by atoms with Gasteiger partial charge in [0.15, 0.2) is 0 Å². The molecule has 0 saturated carbocycles. The van der Waals surface area contributed by atoms with Crippen LogP contribution < -0.4 is 4.72 Å². The molecule has 0 radical (unpaired) electrons. The molecule has 0 bridgehead atoms. The first-order chi connectivity index (χ1) is 9.53. The summed E-state index contributed by atoms with van der Waals surface area (Å²) in [6, 6.07) is 16.3. The zero-order chi connectivity index (χ0) is 14.6. The van der Waals surface area contributed by atoms with Gasteiger partial charge in [-0.15, -0.1) is 0 Å². The molecule has 2 rings (SSSR count). The average Bonchev–Trinajstić information content (AvgIpc) is 2.48. The van der Waals surface area contributed by atoms with Crippen molar-refractivity contribution in [3.8, 4) is 0 Å². The van der Waals surface area contributed by atoms with E-state index in [0.29, 0.717) is 4.90 Å². The van der Waals surface area contributed by atoms with E-state index in [1.807, 2.05) is 56.3 Å². The number of benzene rings is 2. The maximum Gasteiger partial charge on any atom is 0.241 e. The van der Waals surface area contributed by atoms with Gasteiger partial charge in [-0.1, -0.05) is 49.4 Å². The van der Waals surface area contributed by atoms with Crippen molar-refractivity contribution >= 4 is 10.0 Å². The predicted octanol–water partition coefficient (Wildman–Crippen LogP) is 3.29. The first kappa shape index (κ1) is 14.8. The predicted molar refractivity (Wildman–Crippen MR) is 81.0 cm³/mol. The molecule has 1 atom stereocenters. The molecule has 4 heteroatoms. The minimum Gasteiger partial charge on any atom is -0.207 e. The van der Waals surface area contributed by atoms with Gasteiger partial charge < -0.3 is 0 Å². The number of hydrogen-bond acceptors (Lipinski definition) is 2. The number of hydrogen-bond donors (Lipinski definition) is 1. The Bertz CT molecular complexity index is 649. The van der Waals surface area contributed by atoms with Gasteiger partial charge in [0.25, 0.3) is 0 Å². The van der Waals surface area contributed by atoms with Crippen LogP contribution in [0.3, 0.4) is 0 Å². The molecule has 2 aromatic rings. The molecule has 0 heterocycles. The highest BCUT2D eigenvalue weighted by Crippen LogP contribution is 2.17. The van der Waals surface area contributed by atoms with Crippen molar-refractivity contribution in [2.24, 2.45) is 0 Å². The summed E-state index contributed by atoms with van der Waals surface area (Å²) >= 11 is 0. The van der Waals surface area contributed by atoms with E-state index in [1.54, 1.807) is 12.1 Å². The average molecular weight is 289 g/mol. The highest BCUT2D eigenvalue weighted by Gasteiger charge is 2.17. The van der Waals surface area contributed by atoms with Gasteiger partial charge in [0, 0.05) is 6.04 Å². The fourth-order valence-corrected chi connectivity index (χ4v) is 3.25. The molecule has 0 fully saturated rings. The fourth-order valence-electron chi connectivity index (χ4n) is 2.01. The van der Waals surface area contributed by atoms with Crippen molar-refractivity contribution in [1.29, 1.82) is 0 Å². The summed E-state index contributed by atoms with van der Waals surface area (Å²) in [5.41, 5.74) is 2.07. The van der Waals surface area contributed by atoms with Crippen LogP contribution in [0, 0.1) is 0 Å². The first-order valence-electron chi connectivity index (χ1n) is 6.69. The van der Waals surface area contributed by atoms with E-state index in [1.165, 1.54) is 0 Å². The molecule has 0 aliphatic rings. The van der Waals surface area contributed by atoms with Crippen LogP contribution in [0.5, 0.6) is 0 Å². The Morgan fingerprint density at radius 3 is 2.15 bits per heavy atom. The Kier molecular flexibility index (Phi) is 4.57. The van der Waals surface area contributed by atoms with Gasteiger partial charge >= 0.3 is 0 Å². The lowest BCUT2D eigenvalue weighted by Gasteiger charge is -2.14. The maximum atomic E-state index is 12.3. The lowest BCUT2D eigenvalue weighted by molar-refractivity contribution is 0.567. The van der Waals surface area contributed by atoms with Gasteiger partial charge in [-0.05, 0) is 36.6 Å². The summed E-state index contributed by atoms with van der Waals surface area (Å²) in [4.78, 5) is 0.303. The third-order valence-corrected chi connectivity index (χ3v) is 4.83. The molecular weight excluding hydrogens is 270 g/mol. The van der Waals surface area contributed by atoms with Crippen LogP contribution >= 0.6 is 0 Å². The third kappa shape index (κ3) is 3.46. The summed E-state index contributed by atoms with van der Waals surface area (Å²) in [5.74, 6) is 0. The molecule has 106 valence electrons. The molecule has 20 heavy (non-hydrogen) atoms. The summed E-state index contributed by atoms with van der Waals surface area (Å²) in [6.07, 6.45) is 0.897. The smallest absolute Gasteiger partial charge is 0.207 e. The fraction of sp³-hybridized carbons (Fsp3) is 0.250. The van der Waals surface area contributed by atoms with Gasteiger partial charge in [-0.3, -0.25) is 0 Å². The molecule has 1 N–H and O–H groups in total. The minimum absolute atomic E-state index is 0.257. The van der Waals surface area contributed by atoms with E-state index in [-0.39, 0.29) is 6.04 Å². The van der Waals surface area contributed by atoms with Crippen molar-refractivity contribution < 1.29 is 8.42 Å². The molecule has 0 spiro atoms. The Morgan fingerprint density at radius 1 is 1.00 bits per heavy atom. The van der Waals surface area contributed by atoms with Gasteiger partial charge in [0.1, 0.15) is 0 Å². The van der Waals surface area contributed by atoms with Crippen LogP contribution in [0.4, 0.5) is 0 Å². The van der Waals surface area contributed by atoms with E-state index in [2.05, 4.69) is 4.72 Å². The highest BCUT2D eigenvalue weighted by atomic mass is 32.2.